The zero-order chi connectivity index (χ0) is 27.4. The standard InChI is InChI=1S/C35H38O5/c36-22-31-21-32(37-23-27-13-5-1-6-14-27)34(39-25-29-17-9-3-10-18-29)35(40-26-30-19-11-4-12-20-30)33(31)38-24-28-15-7-2-8-16-28/h1-20,31-36H,21-26H2/t31-,32+,33-,34-,35+/m1/s1. The van der Waals surface area contributed by atoms with Crippen molar-refractivity contribution in [2.75, 3.05) is 6.61 Å². The Morgan fingerprint density at radius 3 is 1.20 bits per heavy atom. The molecule has 40 heavy (non-hydrogen) atoms. The van der Waals surface area contributed by atoms with Gasteiger partial charge in [0.2, 0.25) is 0 Å². The monoisotopic (exact) mass is 538 g/mol. The Balaban J connectivity index is 1.41. The fraction of sp³-hybridized carbons (Fsp3) is 0.314. The molecule has 0 saturated heterocycles. The molecule has 1 aliphatic carbocycles. The van der Waals surface area contributed by atoms with Gasteiger partial charge in [-0.1, -0.05) is 121 Å². The van der Waals surface area contributed by atoms with E-state index in [2.05, 4.69) is 36.4 Å². The van der Waals surface area contributed by atoms with Crippen LogP contribution in [0.4, 0.5) is 0 Å². The molecule has 0 radical (unpaired) electrons. The van der Waals surface area contributed by atoms with Gasteiger partial charge < -0.3 is 24.1 Å². The second-order valence-electron chi connectivity index (χ2n) is 10.3. The molecule has 0 unspecified atom stereocenters. The van der Waals surface area contributed by atoms with Crippen LogP contribution >= 0.6 is 0 Å². The normalized spacial score (nSPS) is 22.7. The van der Waals surface area contributed by atoms with Crippen molar-refractivity contribution in [3.63, 3.8) is 0 Å². The predicted octanol–water partition coefficient (Wildman–Crippen LogP) is 6.34. The highest BCUT2D eigenvalue weighted by molar-refractivity contribution is 5.16. The predicted molar refractivity (Wildman–Crippen MR) is 155 cm³/mol. The minimum Gasteiger partial charge on any atom is -0.396 e. The van der Waals surface area contributed by atoms with E-state index in [1.807, 2.05) is 84.9 Å². The van der Waals surface area contributed by atoms with Crippen LogP contribution in [-0.4, -0.2) is 36.1 Å². The molecule has 1 N–H and O–H groups in total. The summed E-state index contributed by atoms with van der Waals surface area (Å²) in [4.78, 5) is 0. The van der Waals surface area contributed by atoms with Gasteiger partial charge in [-0.15, -0.1) is 0 Å². The van der Waals surface area contributed by atoms with Crippen molar-refractivity contribution in [2.45, 2.75) is 57.3 Å². The second-order valence-corrected chi connectivity index (χ2v) is 10.3. The van der Waals surface area contributed by atoms with Crippen LogP contribution in [0.25, 0.3) is 0 Å². The summed E-state index contributed by atoms with van der Waals surface area (Å²) in [6.07, 6.45) is -0.881. The molecule has 208 valence electrons. The van der Waals surface area contributed by atoms with Gasteiger partial charge in [0.05, 0.1) is 38.6 Å². The first kappa shape index (κ1) is 28.2. The number of ether oxygens (including phenoxy) is 4. The smallest absolute Gasteiger partial charge is 0.113 e. The summed E-state index contributed by atoms with van der Waals surface area (Å²) in [6, 6.07) is 40.5. The fourth-order valence-corrected chi connectivity index (χ4v) is 5.28. The second kappa shape index (κ2) is 14.9. The maximum atomic E-state index is 10.5. The van der Waals surface area contributed by atoms with Crippen molar-refractivity contribution >= 4 is 0 Å². The highest BCUT2D eigenvalue weighted by atomic mass is 16.6. The molecular formula is C35H38O5. The molecular weight excluding hydrogens is 500 g/mol. The van der Waals surface area contributed by atoms with E-state index in [0.717, 1.165) is 22.3 Å². The topological polar surface area (TPSA) is 57.2 Å². The Morgan fingerprint density at radius 2 is 0.800 bits per heavy atom. The minimum absolute atomic E-state index is 0.0265. The third kappa shape index (κ3) is 7.87. The highest BCUT2D eigenvalue weighted by Crippen LogP contribution is 2.35. The summed E-state index contributed by atoms with van der Waals surface area (Å²) >= 11 is 0. The lowest BCUT2D eigenvalue weighted by Crippen LogP contribution is -2.58. The van der Waals surface area contributed by atoms with Crippen molar-refractivity contribution in [1.29, 1.82) is 0 Å². The van der Waals surface area contributed by atoms with Crippen LogP contribution in [0, 0.1) is 5.92 Å². The quantitative estimate of drug-likeness (QED) is 0.215. The van der Waals surface area contributed by atoms with Gasteiger partial charge in [0, 0.05) is 12.5 Å². The molecule has 5 nitrogen and oxygen atoms in total. The first-order valence-corrected chi connectivity index (χ1v) is 14.0. The Kier molecular flexibility index (Phi) is 10.5. The number of rotatable bonds is 13. The summed E-state index contributed by atoms with van der Waals surface area (Å²) in [5, 5.41) is 10.5. The molecule has 5 rings (SSSR count). The average molecular weight is 539 g/mol. The lowest BCUT2D eigenvalue weighted by atomic mass is 9.80. The first-order valence-electron chi connectivity index (χ1n) is 14.0. The van der Waals surface area contributed by atoms with Crippen LogP contribution in [-0.2, 0) is 45.4 Å². The zero-order valence-electron chi connectivity index (χ0n) is 22.8. The molecule has 0 aliphatic heterocycles. The highest BCUT2D eigenvalue weighted by Gasteiger charge is 2.47. The number of hydrogen-bond acceptors (Lipinski definition) is 5. The van der Waals surface area contributed by atoms with E-state index < -0.39 is 12.2 Å². The van der Waals surface area contributed by atoms with Crippen LogP contribution in [0.2, 0.25) is 0 Å². The summed E-state index contributed by atoms with van der Waals surface area (Å²) in [5.74, 6) is -0.165. The maximum absolute atomic E-state index is 10.5. The molecule has 1 fully saturated rings. The van der Waals surface area contributed by atoms with Gasteiger partial charge in [0.1, 0.15) is 12.2 Å². The van der Waals surface area contributed by atoms with E-state index in [0.29, 0.717) is 32.8 Å². The molecule has 1 aliphatic rings. The van der Waals surface area contributed by atoms with E-state index in [9.17, 15) is 5.11 Å². The molecule has 0 amide bonds. The Labute approximate surface area is 237 Å². The summed E-state index contributed by atoms with van der Waals surface area (Å²) in [5.41, 5.74) is 4.32. The van der Waals surface area contributed by atoms with Gasteiger partial charge in [-0.2, -0.15) is 0 Å². The molecule has 0 bridgehead atoms. The molecule has 1 saturated carbocycles. The maximum Gasteiger partial charge on any atom is 0.113 e. The summed E-state index contributed by atoms with van der Waals surface area (Å²) in [7, 11) is 0. The van der Waals surface area contributed by atoms with E-state index in [1.165, 1.54) is 0 Å². The number of benzene rings is 4. The molecule has 5 atom stereocenters. The Morgan fingerprint density at radius 1 is 0.450 bits per heavy atom. The van der Waals surface area contributed by atoms with Crippen LogP contribution in [0.15, 0.2) is 121 Å². The van der Waals surface area contributed by atoms with Gasteiger partial charge in [-0.25, -0.2) is 0 Å². The van der Waals surface area contributed by atoms with Crippen LogP contribution in [0.1, 0.15) is 28.7 Å². The Hall–Kier alpha value is -3.32. The average Bonchev–Trinajstić information content (AvgIpc) is 3.03. The van der Waals surface area contributed by atoms with Crippen LogP contribution < -0.4 is 0 Å². The van der Waals surface area contributed by atoms with Crippen molar-refractivity contribution in [2.24, 2.45) is 5.92 Å². The van der Waals surface area contributed by atoms with Crippen molar-refractivity contribution in [3.8, 4) is 0 Å². The Bertz CT molecular complexity index is 1240. The van der Waals surface area contributed by atoms with Crippen molar-refractivity contribution < 1.29 is 24.1 Å². The van der Waals surface area contributed by atoms with E-state index in [4.69, 9.17) is 18.9 Å². The number of hydrogen-bond donors (Lipinski definition) is 1. The van der Waals surface area contributed by atoms with Gasteiger partial charge in [0.15, 0.2) is 0 Å². The fourth-order valence-electron chi connectivity index (χ4n) is 5.28. The van der Waals surface area contributed by atoms with Gasteiger partial charge in [-0.3, -0.25) is 0 Å². The molecule has 4 aromatic rings. The molecule has 0 aromatic heterocycles. The van der Waals surface area contributed by atoms with E-state index in [1.54, 1.807) is 0 Å². The third-order valence-electron chi connectivity index (χ3n) is 7.41. The van der Waals surface area contributed by atoms with Crippen LogP contribution in [0.3, 0.4) is 0 Å². The molecule has 4 aromatic carbocycles. The van der Waals surface area contributed by atoms with E-state index in [-0.39, 0.29) is 24.7 Å². The van der Waals surface area contributed by atoms with Crippen LogP contribution in [0.5, 0.6) is 0 Å². The van der Waals surface area contributed by atoms with Crippen molar-refractivity contribution in [3.05, 3.63) is 144 Å². The largest absolute Gasteiger partial charge is 0.396 e. The van der Waals surface area contributed by atoms with Gasteiger partial charge >= 0.3 is 0 Å². The van der Waals surface area contributed by atoms with Crippen molar-refractivity contribution in [1.82, 2.24) is 0 Å². The van der Waals surface area contributed by atoms with Gasteiger partial charge in [-0.05, 0) is 28.7 Å². The lowest BCUT2D eigenvalue weighted by molar-refractivity contribution is -0.233. The molecule has 5 heteroatoms. The minimum atomic E-state index is -0.445. The first-order chi connectivity index (χ1) is 19.8. The molecule has 0 heterocycles. The summed E-state index contributed by atoms with van der Waals surface area (Å²) in [6.45, 7) is 1.69. The SMILES string of the molecule is OC[C@H]1C[C@H](OCc2ccccc2)[C@@H](OCc2ccccc2)[C@@H](OCc2ccccc2)[C@@H]1OCc1ccccc1. The number of aliphatic hydroxyl groups is 1. The zero-order valence-corrected chi connectivity index (χ0v) is 22.8. The summed E-state index contributed by atoms with van der Waals surface area (Å²) < 4.78 is 26.3. The van der Waals surface area contributed by atoms with Gasteiger partial charge in [0.25, 0.3) is 0 Å². The lowest BCUT2D eigenvalue weighted by Gasteiger charge is -2.45. The third-order valence-corrected chi connectivity index (χ3v) is 7.41. The molecule has 0 spiro atoms. The number of aliphatic hydroxyl groups excluding tert-OH is 1. The van der Waals surface area contributed by atoms with E-state index >= 15 is 0 Å².